The number of hydrogen-bond acceptors (Lipinski definition) is 4. The molecule has 0 aliphatic rings. The predicted molar refractivity (Wildman–Crippen MR) is 95.5 cm³/mol. The Bertz CT molecular complexity index is 452. The first kappa shape index (κ1) is 21.7. The Kier molecular flexibility index (Phi) is 10.6. The lowest BCUT2D eigenvalue weighted by Gasteiger charge is -2.21. The van der Waals surface area contributed by atoms with Crippen LogP contribution in [0.4, 0.5) is 0 Å². The first-order valence-electron chi connectivity index (χ1n) is 7.68. The van der Waals surface area contributed by atoms with Gasteiger partial charge in [-0.15, -0.1) is 12.4 Å². The van der Waals surface area contributed by atoms with Crippen LogP contribution in [0.1, 0.15) is 30.6 Å². The highest BCUT2D eigenvalue weighted by Gasteiger charge is 2.14. The van der Waals surface area contributed by atoms with Gasteiger partial charge in [-0.05, 0) is 36.6 Å². The second-order valence-electron chi connectivity index (χ2n) is 5.79. The van der Waals surface area contributed by atoms with Crippen LogP contribution < -0.4 is 10.5 Å². The molecule has 132 valence electrons. The highest BCUT2D eigenvalue weighted by Crippen LogP contribution is 2.14. The quantitative estimate of drug-likeness (QED) is 0.699. The first-order chi connectivity index (χ1) is 10.5. The number of benzene rings is 1. The van der Waals surface area contributed by atoms with Gasteiger partial charge in [-0.1, -0.05) is 13.8 Å². The lowest BCUT2D eigenvalue weighted by molar-refractivity contribution is 0.0789. The van der Waals surface area contributed by atoms with Crippen LogP contribution in [0.15, 0.2) is 24.3 Å². The fourth-order valence-corrected chi connectivity index (χ4v) is 1.93. The molecular formula is C17H29ClN2O3. The maximum absolute atomic E-state index is 12.3. The number of nitrogens with two attached hydrogens (primary N) is 1. The molecule has 1 unspecified atom stereocenters. The number of carbonyl (C=O) groups is 1. The normalized spacial score (nSPS) is 11.7. The molecule has 1 rings (SSSR count). The fourth-order valence-electron chi connectivity index (χ4n) is 1.93. The number of nitrogens with zero attached hydrogens (tertiary/aromatic N) is 1. The molecule has 5 nitrogen and oxygen atoms in total. The molecular weight excluding hydrogens is 316 g/mol. The first-order valence-corrected chi connectivity index (χ1v) is 7.68. The number of halogens is 1. The minimum Gasteiger partial charge on any atom is -0.491 e. The second-order valence-corrected chi connectivity index (χ2v) is 5.79. The van der Waals surface area contributed by atoms with Gasteiger partial charge in [0.05, 0.1) is 6.61 Å². The van der Waals surface area contributed by atoms with Gasteiger partial charge in [0.15, 0.2) is 0 Å². The van der Waals surface area contributed by atoms with E-state index in [1.165, 1.54) is 0 Å². The van der Waals surface area contributed by atoms with Crippen molar-refractivity contribution in [2.24, 2.45) is 11.7 Å². The third-order valence-electron chi connectivity index (χ3n) is 3.66. The van der Waals surface area contributed by atoms with Gasteiger partial charge >= 0.3 is 0 Å². The summed E-state index contributed by atoms with van der Waals surface area (Å²) in [6, 6.07) is 7.28. The van der Waals surface area contributed by atoms with Crippen LogP contribution in [-0.2, 0) is 4.74 Å². The molecule has 0 spiro atoms. The van der Waals surface area contributed by atoms with Crippen molar-refractivity contribution in [1.29, 1.82) is 0 Å². The van der Waals surface area contributed by atoms with E-state index in [0.29, 0.717) is 31.2 Å². The maximum Gasteiger partial charge on any atom is 0.253 e. The zero-order chi connectivity index (χ0) is 16.5. The Labute approximate surface area is 145 Å². The molecule has 1 amide bonds. The third kappa shape index (κ3) is 7.68. The van der Waals surface area contributed by atoms with Crippen molar-refractivity contribution < 1.29 is 14.3 Å². The van der Waals surface area contributed by atoms with Crippen LogP contribution in [0, 0.1) is 5.92 Å². The van der Waals surface area contributed by atoms with Gasteiger partial charge in [0.1, 0.15) is 12.4 Å². The second kappa shape index (κ2) is 11.3. The Balaban J connectivity index is 0.00000484. The lowest BCUT2D eigenvalue weighted by Crippen LogP contribution is -2.34. The van der Waals surface area contributed by atoms with Crippen molar-refractivity contribution in [3.8, 4) is 5.75 Å². The van der Waals surface area contributed by atoms with Gasteiger partial charge in [0.25, 0.3) is 5.91 Å². The summed E-state index contributed by atoms with van der Waals surface area (Å²) in [5.74, 6) is 1.16. The summed E-state index contributed by atoms with van der Waals surface area (Å²) < 4.78 is 10.4. The van der Waals surface area contributed by atoms with Crippen molar-refractivity contribution in [3.63, 3.8) is 0 Å². The van der Waals surface area contributed by atoms with Crippen LogP contribution in [0.5, 0.6) is 5.75 Å². The molecule has 6 heteroatoms. The zero-order valence-electron chi connectivity index (χ0n) is 14.5. The minimum absolute atomic E-state index is 0. The monoisotopic (exact) mass is 344 g/mol. The van der Waals surface area contributed by atoms with E-state index in [4.69, 9.17) is 15.2 Å². The SMILES string of the molecule is COCCOc1ccc(C(=O)N(C)CCC(N)C(C)C)cc1.Cl. The van der Waals surface area contributed by atoms with Gasteiger partial charge in [-0.2, -0.15) is 0 Å². The average molecular weight is 345 g/mol. The van der Waals surface area contributed by atoms with E-state index in [0.717, 1.165) is 12.2 Å². The van der Waals surface area contributed by atoms with Crippen LogP contribution in [0.3, 0.4) is 0 Å². The van der Waals surface area contributed by atoms with Crippen molar-refractivity contribution >= 4 is 18.3 Å². The van der Waals surface area contributed by atoms with Crippen molar-refractivity contribution in [1.82, 2.24) is 4.90 Å². The molecule has 0 aliphatic carbocycles. The van der Waals surface area contributed by atoms with E-state index >= 15 is 0 Å². The molecule has 23 heavy (non-hydrogen) atoms. The van der Waals surface area contributed by atoms with Gasteiger partial charge in [-0.25, -0.2) is 0 Å². The third-order valence-corrected chi connectivity index (χ3v) is 3.66. The average Bonchev–Trinajstić information content (AvgIpc) is 2.52. The van der Waals surface area contributed by atoms with Crippen molar-refractivity contribution in [2.75, 3.05) is 33.9 Å². The minimum atomic E-state index is -0.000558. The molecule has 1 aromatic carbocycles. The molecule has 0 heterocycles. The number of methoxy groups -OCH3 is 1. The number of ether oxygens (including phenoxy) is 2. The topological polar surface area (TPSA) is 64.8 Å². The Hall–Kier alpha value is -1.30. The van der Waals surface area contributed by atoms with Gasteiger partial charge in [0, 0.05) is 32.3 Å². The standard InChI is InChI=1S/C17H28N2O3.ClH/c1-13(2)16(18)9-10-19(3)17(20)14-5-7-15(8-6-14)22-12-11-21-4;/h5-8,13,16H,9-12,18H2,1-4H3;1H. The molecule has 0 saturated carbocycles. The summed E-state index contributed by atoms with van der Waals surface area (Å²) in [7, 11) is 3.44. The summed E-state index contributed by atoms with van der Waals surface area (Å²) in [5.41, 5.74) is 6.67. The fraction of sp³-hybridized carbons (Fsp3) is 0.588. The molecule has 0 aromatic heterocycles. The van der Waals surface area contributed by atoms with Gasteiger partial charge in [-0.3, -0.25) is 4.79 Å². The van der Waals surface area contributed by atoms with E-state index in [1.807, 2.05) is 0 Å². The molecule has 2 N–H and O–H groups in total. The van der Waals surface area contributed by atoms with E-state index < -0.39 is 0 Å². The lowest BCUT2D eigenvalue weighted by atomic mass is 10.0. The van der Waals surface area contributed by atoms with E-state index in [9.17, 15) is 4.79 Å². The molecule has 0 radical (unpaired) electrons. The smallest absolute Gasteiger partial charge is 0.253 e. The van der Waals surface area contributed by atoms with Crippen molar-refractivity contribution in [2.45, 2.75) is 26.3 Å². The van der Waals surface area contributed by atoms with E-state index in [2.05, 4.69) is 13.8 Å². The van der Waals surface area contributed by atoms with E-state index in [-0.39, 0.29) is 24.4 Å². The van der Waals surface area contributed by atoms with Crippen LogP contribution in [0.2, 0.25) is 0 Å². The molecule has 0 saturated heterocycles. The zero-order valence-corrected chi connectivity index (χ0v) is 15.3. The Morgan fingerprint density at radius 2 is 1.83 bits per heavy atom. The summed E-state index contributed by atoms with van der Waals surface area (Å²) in [5, 5.41) is 0. The Morgan fingerprint density at radius 1 is 1.22 bits per heavy atom. The number of hydrogen-bond donors (Lipinski definition) is 1. The highest BCUT2D eigenvalue weighted by molar-refractivity contribution is 5.94. The molecule has 1 aromatic rings. The molecule has 0 fully saturated rings. The summed E-state index contributed by atoms with van der Waals surface area (Å²) in [6.07, 6.45) is 0.804. The number of carbonyl (C=O) groups excluding carboxylic acids is 1. The highest BCUT2D eigenvalue weighted by atomic mass is 35.5. The van der Waals surface area contributed by atoms with Gasteiger partial charge < -0.3 is 20.1 Å². The van der Waals surface area contributed by atoms with Gasteiger partial charge in [0.2, 0.25) is 0 Å². The summed E-state index contributed by atoms with van der Waals surface area (Å²) >= 11 is 0. The van der Waals surface area contributed by atoms with E-state index in [1.54, 1.807) is 43.3 Å². The number of amides is 1. The predicted octanol–water partition coefficient (Wildman–Crippen LogP) is 2.58. The number of rotatable bonds is 9. The maximum atomic E-state index is 12.3. The summed E-state index contributed by atoms with van der Waals surface area (Å²) in [4.78, 5) is 14.0. The van der Waals surface area contributed by atoms with Crippen LogP contribution >= 0.6 is 12.4 Å². The van der Waals surface area contributed by atoms with Crippen molar-refractivity contribution in [3.05, 3.63) is 29.8 Å². The molecule has 1 atom stereocenters. The molecule has 0 bridgehead atoms. The largest absolute Gasteiger partial charge is 0.491 e. The Morgan fingerprint density at radius 3 is 2.35 bits per heavy atom. The molecule has 0 aliphatic heterocycles. The summed E-state index contributed by atoms with van der Waals surface area (Å²) in [6.45, 7) is 5.88. The van der Waals surface area contributed by atoms with Crippen LogP contribution in [0.25, 0.3) is 0 Å². The van der Waals surface area contributed by atoms with Crippen LogP contribution in [-0.4, -0.2) is 50.8 Å².